The SMILES string of the molecule is COc1cc(O)c(C(=N)N(C(=N)C(=O)NCCF)c2ccc(S)cc2)cc1C(C)C. The number of ether oxygens (including phenoxy) is 1. The summed E-state index contributed by atoms with van der Waals surface area (Å²) in [6, 6.07) is 9.50. The Bertz CT molecular complexity index is 948. The van der Waals surface area contributed by atoms with Crippen molar-refractivity contribution in [2.75, 3.05) is 25.2 Å². The quantitative estimate of drug-likeness (QED) is 0.272. The standard InChI is InChI=1S/C21H25FN4O3S/c1-12(2)15-10-16(17(27)11-18(15)29-3)19(23)26(13-4-6-14(30)7-5-13)20(24)21(28)25-9-8-22/h4-7,10-12,23-24,27,30H,8-9H2,1-3H3,(H,25,28). The number of phenolic OH excluding ortho intramolecular Hbond substituents is 1. The number of benzene rings is 2. The maximum absolute atomic E-state index is 12.5. The van der Waals surface area contributed by atoms with Gasteiger partial charge >= 0.3 is 0 Å². The van der Waals surface area contributed by atoms with Gasteiger partial charge in [-0.3, -0.25) is 20.5 Å². The number of thiol groups is 1. The van der Waals surface area contributed by atoms with E-state index in [1.54, 1.807) is 30.3 Å². The molecule has 0 spiro atoms. The molecule has 0 aromatic heterocycles. The zero-order chi connectivity index (χ0) is 22.4. The number of hydrogen-bond donors (Lipinski definition) is 5. The number of alkyl halides is 1. The van der Waals surface area contributed by atoms with Crippen molar-refractivity contribution in [3.8, 4) is 11.5 Å². The highest BCUT2D eigenvalue weighted by atomic mass is 32.1. The summed E-state index contributed by atoms with van der Waals surface area (Å²) in [6.07, 6.45) is 0. The van der Waals surface area contributed by atoms with Gasteiger partial charge < -0.3 is 15.2 Å². The molecule has 9 heteroatoms. The topological polar surface area (TPSA) is 110 Å². The number of amidine groups is 2. The predicted molar refractivity (Wildman–Crippen MR) is 118 cm³/mol. The van der Waals surface area contributed by atoms with Crippen LogP contribution in [0.2, 0.25) is 0 Å². The molecule has 1 amide bonds. The number of aromatic hydroxyl groups is 1. The van der Waals surface area contributed by atoms with Crippen molar-refractivity contribution in [2.24, 2.45) is 0 Å². The third-order valence-corrected chi connectivity index (χ3v) is 4.67. The van der Waals surface area contributed by atoms with Crippen molar-refractivity contribution in [3.05, 3.63) is 47.5 Å². The molecule has 0 fully saturated rings. The lowest BCUT2D eigenvalue weighted by Crippen LogP contribution is -2.46. The molecule has 0 atom stereocenters. The van der Waals surface area contributed by atoms with Gasteiger partial charge in [0.1, 0.15) is 24.0 Å². The molecule has 0 bridgehead atoms. The van der Waals surface area contributed by atoms with E-state index in [0.717, 1.165) is 10.5 Å². The molecule has 0 saturated heterocycles. The average molecular weight is 433 g/mol. The summed E-state index contributed by atoms with van der Waals surface area (Å²) >= 11 is 4.23. The molecular weight excluding hydrogens is 407 g/mol. The molecule has 0 unspecified atom stereocenters. The Balaban J connectivity index is 2.57. The van der Waals surface area contributed by atoms with E-state index in [1.165, 1.54) is 13.2 Å². The number of phenols is 1. The fourth-order valence-electron chi connectivity index (χ4n) is 2.84. The van der Waals surface area contributed by atoms with Crippen molar-refractivity contribution in [1.29, 1.82) is 10.8 Å². The number of anilines is 1. The number of halogens is 1. The Morgan fingerprint density at radius 1 is 1.27 bits per heavy atom. The highest BCUT2D eigenvalue weighted by Crippen LogP contribution is 2.34. The molecular formula is C21H25FN4O3S. The third kappa shape index (κ3) is 5.10. The monoisotopic (exact) mass is 432 g/mol. The number of nitrogens with one attached hydrogen (secondary N) is 3. The maximum Gasteiger partial charge on any atom is 0.287 e. The van der Waals surface area contributed by atoms with E-state index in [2.05, 4.69) is 17.9 Å². The maximum atomic E-state index is 12.5. The fraction of sp³-hybridized carbons (Fsp3) is 0.286. The molecule has 2 rings (SSSR count). The molecule has 0 aliphatic rings. The zero-order valence-electron chi connectivity index (χ0n) is 17.0. The summed E-state index contributed by atoms with van der Waals surface area (Å²) in [7, 11) is 1.49. The zero-order valence-corrected chi connectivity index (χ0v) is 17.9. The second kappa shape index (κ2) is 10.1. The lowest BCUT2D eigenvalue weighted by molar-refractivity contribution is -0.115. The summed E-state index contributed by atoms with van der Waals surface area (Å²) in [5.41, 5.74) is 1.23. The normalized spacial score (nSPS) is 10.6. The van der Waals surface area contributed by atoms with Crippen LogP contribution in [0.3, 0.4) is 0 Å². The minimum atomic E-state index is -0.843. The Hall–Kier alpha value is -3.07. The van der Waals surface area contributed by atoms with Gasteiger partial charge in [-0.05, 0) is 41.8 Å². The molecule has 7 nitrogen and oxygen atoms in total. The fourth-order valence-corrected chi connectivity index (χ4v) is 2.99. The Morgan fingerprint density at radius 3 is 2.43 bits per heavy atom. The van der Waals surface area contributed by atoms with E-state index >= 15 is 0 Å². The second-order valence-corrected chi connectivity index (χ2v) is 7.28. The van der Waals surface area contributed by atoms with Gasteiger partial charge in [0.2, 0.25) is 0 Å². The second-order valence-electron chi connectivity index (χ2n) is 6.76. The highest BCUT2D eigenvalue weighted by molar-refractivity contribution is 7.80. The van der Waals surface area contributed by atoms with Gasteiger partial charge in [-0.1, -0.05) is 13.8 Å². The number of carbonyl (C=O) groups excluding carboxylic acids is 1. The van der Waals surface area contributed by atoms with E-state index in [4.69, 9.17) is 15.6 Å². The van der Waals surface area contributed by atoms with Crippen molar-refractivity contribution in [3.63, 3.8) is 0 Å². The number of hydrogen-bond acceptors (Lipinski definition) is 6. The van der Waals surface area contributed by atoms with Crippen LogP contribution in [0, 0.1) is 10.8 Å². The van der Waals surface area contributed by atoms with Crippen LogP contribution in [0.1, 0.15) is 30.9 Å². The van der Waals surface area contributed by atoms with Crippen LogP contribution in [-0.2, 0) is 4.79 Å². The van der Waals surface area contributed by atoms with Gasteiger partial charge in [0.25, 0.3) is 5.91 Å². The molecule has 0 radical (unpaired) electrons. The first-order valence-electron chi connectivity index (χ1n) is 9.22. The van der Waals surface area contributed by atoms with Crippen LogP contribution in [0.5, 0.6) is 11.5 Å². The van der Waals surface area contributed by atoms with E-state index in [0.29, 0.717) is 16.3 Å². The first-order chi connectivity index (χ1) is 14.2. The predicted octanol–water partition coefficient (Wildman–Crippen LogP) is 3.71. The van der Waals surface area contributed by atoms with Crippen LogP contribution in [0.25, 0.3) is 0 Å². The van der Waals surface area contributed by atoms with Crippen molar-refractivity contribution >= 4 is 35.9 Å². The van der Waals surface area contributed by atoms with Crippen molar-refractivity contribution in [2.45, 2.75) is 24.7 Å². The summed E-state index contributed by atoms with van der Waals surface area (Å²) in [4.78, 5) is 14.1. The van der Waals surface area contributed by atoms with Crippen LogP contribution in [0.15, 0.2) is 41.3 Å². The van der Waals surface area contributed by atoms with Gasteiger partial charge in [-0.2, -0.15) is 0 Å². The van der Waals surface area contributed by atoms with E-state index in [9.17, 15) is 14.3 Å². The smallest absolute Gasteiger partial charge is 0.287 e. The summed E-state index contributed by atoms with van der Waals surface area (Å²) in [5, 5.41) is 29.8. The van der Waals surface area contributed by atoms with E-state index in [1.807, 2.05) is 13.8 Å². The van der Waals surface area contributed by atoms with Gasteiger partial charge in [0.05, 0.1) is 12.7 Å². The number of carbonyl (C=O) groups is 1. The lowest BCUT2D eigenvalue weighted by Gasteiger charge is -2.26. The minimum Gasteiger partial charge on any atom is -0.507 e. The molecule has 30 heavy (non-hydrogen) atoms. The first kappa shape index (κ1) is 23.2. The number of nitrogens with zero attached hydrogens (tertiary/aromatic N) is 1. The molecule has 0 aliphatic heterocycles. The van der Waals surface area contributed by atoms with Gasteiger partial charge in [0, 0.05) is 23.2 Å². The number of methoxy groups -OCH3 is 1. The van der Waals surface area contributed by atoms with Crippen LogP contribution in [-0.4, -0.2) is 43.0 Å². The number of rotatable bonds is 6. The van der Waals surface area contributed by atoms with Gasteiger partial charge in [-0.15, -0.1) is 12.6 Å². The Kier molecular flexibility index (Phi) is 7.82. The summed E-state index contributed by atoms with van der Waals surface area (Å²) < 4.78 is 17.8. The van der Waals surface area contributed by atoms with Crippen molar-refractivity contribution < 1.29 is 19.0 Å². The molecule has 4 N–H and O–H groups in total. The highest BCUT2D eigenvalue weighted by Gasteiger charge is 2.27. The van der Waals surface area contributed by atoms with E-state index in [-0.39, 0.29) is 29.6 Å². The largest absolute Gasteiger partial charge is 0.507 e. The van der Waals surface area contributed by atoms with Crippen LogP contribution >= 0.6 is 12.6 Å². The number of amides is 1. The minimum absolute atomic E-state index is 0.0383. The summed E-state index contributed by atoms with van der Waals surface area (Å²) in [5.74, 6) is -1.43. The molecule has 160 valence electrons. The van der Waals surface area contributed by atoms with Crippen LogP contribution < -0.4 is 15.0 Å². The molecule has 0 heterocycles. The average Bonchev–Trinajstić information content (AvgIpc) is 2.72. The molecule has 2 aromatic carbocycles. The van der Waals surface area contributed by atoms with Crippen molar-refractivity contribution in [1.82, 2.24) is 5.32 Å². The van der Waals surface area contributed by atoms with Gasteiger partial charge in [-0.25, -0.2) is 4.39 Å². The summed E-state index contributed by atoms with van der Waals surface area (Å²) in [6.45, 7) is 2.86. The molecule has 2 aromatic rings. The Labute approximate surface area is 180 Å². The van der Waals surface area contributed by atoms with Gasteiger partial charge in [0.15, 0.2) is 5.84 Å². The molecule has 0 aliphatic carbocycles. The lowest BCUT2D eigenvalue weighted by atomic mass is 9.98. The third-order valence-electron chi connectivity index (χ3n) is 4.38. The molecule has 0 saturated carbocycles. The first-order valence-corrected chi connectivity index (χ1v) is 9.67. The Morgan fingerprint density at radius 2 is 1.90 bits per heavy atom. The van der Waals surface area contributed by atoms with Crippen LogP contribution in [0.4, 0.5) is 10.1 Å². The van der Waals surface area contributed by atoms with E-state index < -0.39 is 18.4 Å².